The van der Waals surface area contributed by atoms with Crippen LogP contribution < -0.4 is 10.0 Å². The maximum absolute atomic E-state index is 12.3. The highest BCUT2D eigenvalue weighted by Gasteiger charge is 2.28. The van der Waals surface area contributed by atoms with Gasteiger partial charge in [0.25, 0.3) is 5.69 Å². The second kappa shape index (κ2) is 5.98. The van der Waals surface area contributed by atoms with E-state index in [2.05, 4.69) is 10.0 Å². The Balaban J connectivity index is 2.43. The molecule has 0 aromatic heterocycles. The molecule has 0 aliphatic heterocycles. The minimum absolute atomic E-state index is 0.0252. The van der Waals surface area contributed by atoms with Gasteiger partial charge in [-0.2, -0.15) is 0 Å². The topological polar surface area (TPSA) is 101 Å². The van der Waals surface area contributed by atoms with Gasteiger partial charge < -0.3 is 5.32 Å². The molecule has 1 fully saturated rings. The highest BCUT2D eigenvalue weighted by atomic mass is 32.2. The number of hydrogen-bond donors (Lipinski definition) is 2. The Morgan fingerprint density at radius 3 is 2.52 bits per heavy atom. The number of nitrogens with one attached hydrogen (secondary N) is 2. The van der Waals surface area contributed by atoms with Crippen molar-refractivity contribution in [2.45, 2.75) is 44.0 Å². The highest BCUT2D eigenvalue weighted by Crippen LogP contribution is 2.31. The number of nitrogens with zero attached hydrogens (tertiary/aromatic N) is 1. The molecule has 1 aliphatic rings. The van der Waals surface area contributed by atoms with Gasteiger partial charge in [-0.1, -0.05) is 6.42 Å². The van der Waals surface area contributed by atoms with Crippen LogP contribution in [0.1, 0.15) is 31.7 Å². The van der Waals surface area contributed by atoms with E-state index in [4.69, 9.17) is 0 Å². The van der Waals surface area contributed by atoms with E-state index in [0.29, 0.717) is 17.8 Å². The van der Waals surface area contributed by atoms with Crippen molar-refractivity contribution in [3.8, 4) is 0 Å². The van der Waals surface area contributed by atoms with Crippen LogP contribution in [0, 0.1) is 17.0 Å². The Labute approximate surface area is 123 Å². The number of nitro groups is 1. The Morgan fingerprint density at radius 2 is 2.05 bits per heavy atom. The molecule has 8 heteroatoms. The molecule has 2 N–H and O–H groups in total. The molecule has 0 radical (unpaired) electrons. The number of hydrogen-bond acceptors (Lipinski definition) is 5. The van der Waals surface area contributed by atoms with Crippen LogP contribution in [-0.2, 0) is 10.0 Å². The van der Waals surface area contributed by atoms with Crippen LogP contribution in [-0.4, -0.2) is 25.9 Å². The molecule has 0 amide bonds. The van der Waals surface area contributed by atoms with Gasteiger partial charge in [-0.25, -0.2) is 13.1 Å². The fraction of sp³-hybridized carbons (Fsp3) is 0.538. The van der Waals surface area contributed by atoms with Crippen LogP contribution in [0.15, 0.2) is 17.0 Å². The third kappa shape index (κ3) is 3.33. The summed E-state index contributed by atoms with van der Waals surface area (Å²) in [6.45, 7) is 3.98. The van der Waals surface area contributed by atoms with Crippen LogP contribution >= 0.6 is 0 Å². The SMILES string of the molecule is CCNc1cc(C)c(S(=O)(=O)NC2CCC2)cc1[N+](=O)[O-]. The average Bonchev–Trinajstić information content (AvgIpc) is 2.34. The summed E-state index contributed by atoms with van der Waals surface area (Å²) in [5, 5.41) is 14.0. The first-order valence-corrected chi connectivity index (χ1v) is 8.38. The second-order valence-electron chi connectivity index (χ2n) is 5.17. The van der Waals surface area contributed by atoms with Crippen molar-refractivity contribution in [3.63, 3.8) is 0 Å². The monoisotopic (exact) mass is 313 g/mol. The summed E-state index contributed by atoms with van der Waals surface area (Å²) in [7, 11) is -3.72. The van der Waals surface area contributed by atoms with E-state index in [-0.39, 0.29) is 16.6 Å². The zero-order valence-electron chi connectivity index (χ0n) is 12.0. The maximum atomic E-state index is 12.3. The van der Waals surface area contributed by atoms with Crippen molar-refractivity contribution in [2.75, 3.05) is 11.9 Å². The molecule has 0 bridgehead atoms. The van der Waals surface area contributed by atoms with Gasteiger partial charge >= 0.3 is 0 Å². The van der Waals surface area contributed by atoms with Crippen LogP contribution in [0.5, 0.6) is 0 Å². The van der Waals surface area contributed by atoms with Gasteiger partial charge in [-0.05, 0) is 38.3 Å². The zero-order chi connectivity index (χ0) is 15.6. The molecule has 1 saturated carbocycles. The number of rotatable bonds is 6. The van der Waals surface area contributed by atoms with Crippen molar-refractivity contribution < 1.29 is 13.3 Å². The molecule has 0 saturated heterocycles. The van der Waals surface area contributed by atoms with Crippen LogP contribution in [0.25, 0.3) is 0 Å². The summed E-state index contributed by atoms with van der Waals surface area (Å²) in [6.07, 6.45) is 2.64. The Kier molecular flexibility index (Phi) is 4.48. The molecule has 1 aliphatic carbocycles. The largest absolute Gasteiger partial charge is 0.380 e. The third-order valence-electron chi connectivity index (χ3n) is 3.57. The first-order valence-electron chi connectivity index (χ1n) is 6.90. The van der Waals surface area contributed by atoms with Gasteiger partial charge in [0.1, 0.15) is 5.69 Å². The predicted molar refractivity (Wildman–Crippen MR) is 80.0 cm³/mol. The van der Waals surface area contributed by atoms with Gasteiger partial charge in [0.15, 0.2) is 0 Å². The molecule has 2 rings (SSSR count). The third-order valence-corrected chi connectivity index (χ3v) is 5.24. The summed E-state index contributed by atoms with van der Waals surface area (Å²) in [5.41, 5.74) is 0.599. The predicted octanol–water partition coefficient (Wildman–Crippen LogP) is 2.17. The standard InChI is InChI=1S/C13H19N3O4S/c1-3-14-11-7-9(2)13(8-12(11)16(17)18)21(19,20)15-10-5-4-6-10/h7-8,10,14-15H,3-6H2,1-2H3. The lowest BCUT2D eigenvalue weighted by molar-refractivity contribution is -0.384. The number of benzene rings is 1. The minimum atomic E-state index is -3.72. The van der Waals surface area contributed by atoms with Gasteiger partial charge in [-0.3, -0.25) is 10.1 Å². The number of nitro benzene ring substituents is 1. The molecule has 0 unspecified atom stereocenters. The lowest BCUT2D eigenvalue weighted by Gasteiger charge is -2.26. The summed E-state index contributed by atoms with van der Waals surface area (Å²) < 4.78 is 27.3. The molecule has 116 valence electrons. The molecule has 7 nitrogen and oxygen atoms in total. The van der Waals surface area contributed by atoms with E-state index in [0.717, 1.165) is 25.3 Å². The fourth-order valence-electron chi connectivity index (χ4n) is 2.26. The molecule has 0 atom stereocenters. The van der Waals surface area contributed by atoms with Crippen LogP contribution in [0.4, 0.5) is 11.4 Å². The van der Waals surface area contributed by atoms with Crippen molar-refractivity contribution in [1.29, 1.82) is 0 Å². The maximum Gasteiger partial charge on any atom is 0.293 e. The summed E-state index contributed by atoms with van der Waals surface area (Å²) in [4.78, 5) is 10.5. The van der Waals surface area contributed by atoms with Crippen LogP contribution in [0.2, 0.25) is 0 Å². The molecule has 1 aromatic rings. The zero-order valence-corrected chi connectivity index (χ0v) is 12.9. The first-order chi connectivity index (χ1) is 9.85. The summed E-state index contributed by atoms with van der Waals surface area (Å²) in [5.74, 6) is 0. The van der Waals surface area contributed by atoms with E-state index in [9.17, 15) is 18.5 Å². The Morgan fingerprint density at radius 1 is 1.38 bits per heavy atom. The molecule has 21 heavy (non-hydrogen) atoms. The van der Waals surface area contributed by atoms with Crippen molar-refractivity contribution in [3.05, 3.63) is 27.8 Å². The molecular weight excluding hydrogens is 294 g/mol. The number of anilines is 1. The smallest absolute Gasteiger partial charge is 0.293 e. The molecule has 0 heterocycles. The van der Waals surface area contributed by atoms with E-state index in [1.54, 1.807) is 6.92 Å². The summed E-state index contributed by atoms with van der Waals surface area (Å²) >= 11 is 0. The quantitative estimate of drug-likeness (QED) is 0.619. The van der Waals surface area contributed by atoms with Gasteiger partial charge in [0.05, 0.1) is 9.82 Å². The van der Waals surface area contributed by atoms with Crippen LogP contribution in [0.3, 0.4) is 0 Å². The lowest BCUT2D eigenvalue weighted by atomic mass is 9.94. The van der Waals surface area contributed by atoms with E-state index in [1.165, 1.54) is 6.07 Å². The molecule has 0 spiro atoms. The van der Waals surface area contributed by atoms with E-state index < -0.39 is 14.9 Å². The average molecular weight is 313 g/mol. The molecule has 1 aromatic carbocycles. The van der Waals surface area contributed by atoms with E-state index in [1.807, 2.05) is 6.92 Å². The second-order valence-corrected chi connectivity index (χ2v) is 6.85. The Hall–Kier alpha value is -1.67. The summed E-state index contributed by atoms with van der Waals surface area (Å²) in [6, 6.07) is 2.59. The number of sulfonamides is 1. The van der Waals surface area contributed by atoms with Crippen molar-refractivity contribution in [2.24, 2.45) is 0 Å². The van der Waals surface area contributed by atoms with Crippen molar-refractivity contribution >= 4 is 21.4 Å². The lowest BCUT2D eigenvalue weighted by Crippen LogP contribution is -2.39. The van der Waals surface area contributed by atoms with Crippen molar-refractivity contribution in [1.82, 2.24) is 4.72 Å². The fourth-order valence-corrected chi connectivity index (χ4v) is 3.81. The first kappa shape index (κ1) is 15.7. The number of aryl methyl sites for hydroxylation is 1. The highest BCUT2D eigenvalue weighted by molar-refractivity contribution is 7.89. The van der Waals surface area contributed by atoms with E-state index >= 15 is 0 Å². The van der Waals surface area contributed by atoms with Gasteiger partial charge in [0, 0.05) is 18.7 Å². The van der Waals surface area contributed by atoms with Gasteiger partial charge in [0.2, 0.25) is 10.0 Å². The molecular formula is C13H19N3O4S. The Bertz CT molecular complexity index is 654. The van der Waals surface area contributed by atoms with Gasteiger partial charge in [-0.15, -0.1) is 0 Å². The normalized spacial score (nSPS) is 15.5. The minimum Gasteiger partial charge on any atom is -0.380 e.